The van der Waals surface area contributed by atoms with Crippen molar-refractivity contribution in [3.05, 3.63) is 65.1 Å². The SMILES string of the molecule is CC(=O)CCc1cn2cc(OCc3ccc(C4CCCC4)c(C)c3)ccc2n1. The zero-order valence-corrected chi connectivity index (χ0v) is 16.8. The average Bonchev–Trinajstić information content (AvgIpc) is 3.34. The van der Waals surface area contributed by atoms with Crippen LogP contribution in [-0.4, -0.2) is 15.2 Å². The van der Waals surface area contributed by atoms with Crippen molar-refractivity contribution in [1.29, 1.82) is 0 Å². The third-order valence-corrected chi connectivity index (χ3v) is 5.74. The number of fused-ring (bicyclic) bond motifs is 1. The first-order valence-corrected chi connectivity index (χ1v) is 10.3. The number of carbonyl (C=O) groups is 1. The van der Waals surface area contributed by atoms with Crippen LogP contribution in [0.5, 0.6) is 5.75 Å². The van der Waals surface area contributed by atoms with Crippen LogP contribution in [0.25, 0.3) is 5.65 Å². The number of ketones is 1. The molecular weight excluding hydrogens is 348 g/mol. The maximum Gasteiger partial charge on any atom is 0.137 e. The Balaban J connectivity index is 1.42. The molecule has 0 radical (unpaired) electrons. The van der Waals surface area contributed by atoms with Crippen molar-refractivity contribution in [3.8, 4) is 5.75 Å². The number of aromatic nitrogens is 2. The second kappa shape index (κ2) is 8.17. The minimum atomic E-state index is 0.190. The molecule has 2 heterocycles. The van der Waals surface area contributed by atoms with E-state index >= 15 is 0 Å². The molecule has 146 valence electrons. The molecule has 0 amide bonds. The molecule has 0 atom stereocenters. The van der Waals surface area contributed by atoms with Crippen molar-refractivity contribution >= 4 is 11.4 Å². The predicted octanol–water partition coefficient (Wildman–Crippen LogP) is 5.40. The van der Waals surface area contributed by atoms with E-state index in [1.807, 2.05) is 28.9 Å². The Kier molecular flexibility index (Phi) is 5.47. The van der Waals surface area contributed by atoms with E-state index in [0.717, 1.165) is 23.0 Å². The van der Waals surface area contributed by atoms with Gasteiger partial charge in [0.1, 0.15) is 23.8 Å². The molecule has 1 aliphatic carbocycles. The lowest BCUT2D eigenvalue weighted by Gasteiger charge is -2.15. The van der Waals surface area contributed by atoms with Crippen LogP contribution in [0.1, 0.15) is 67.3 Å². The Hall–Kier alpha value is -2.62. The summed E-state index contributed by atoms with van der Waals surface area (Å²) < 4.78 is 8.00. The molecule has 0 spiro atoms. The first-order valence-electron chi connectivity index (χ1n) is 10.3. The van der Waals surface area contributed by atoms with Crippen molar-refractivity contribution in [1.82, 2.24) is 9.38 Å². The van der Waals surface area contributed by atoms with Gasteiger partial charge in [-0.3, -0.25) is 0 Å². The topological polar surface area (TPSA) is 43.6 Å². The van der Waals surface area contributed by atoms with Crippen molar-refractivity contribution in [2.45, 2.75) is 64.9 Å². The number of rotatable bonds is 7. The molecule has 4 rings (SSSR count). The summed E-state index contributed by atoms with van der Waals surface area (Å²) in [5.74, 6) is 1.76. The summed E-state index contributed by atoms with van der Waals surface area (Å²) in [6, 6.07) is 10.7. The number of aryl methyl sites for hydroxylation is 2. The quantitative estimate of drug-likeness (QED) is 0.554. The standard InChI is InChI=1S/C24H28N2O2/c1-17-13-19(8-11-23(17)20-5-3-4-6-20)16-28-22-10-12-24-25-21(9-7-18(2)27)14-26(24)15-22/h8,10-15,20H,3-7,9,16H2,1-2H3. The molecule has 0 saturated heterocycles. The molecule has 1 fully saturated rings. The van der Waals surface area contributed by atoms with Gasteiger partial charge < -0.3 is 13.9 Å². The molecule has 1 aromatic carbocycles. The Bertz CT molecular complexity index is 983. The van der Waals surface area contributed by atoms with Gasteiger partial charge in [0.15, 0.2) is 0 Å². The number of Topliss-reactive ketones (excluding diaryl/α,β-unsaturated/α-hetero) is 1. The molecule has 1 saturated carbocycles. The lowest BCUT2D eigenvalue weighted by atomic mass is 9.92. The number of hydrogen-bond acceptors (Lipinski definition) is 3. The third-order valence-electron chi connectivity index (χ3n) is 5.74. The van der Waals surface area contributed by atoms with Gasteiger partial charge in [-0.15, -0.1) is 0 Å². The largest absolute Gasteiger partial charge is 0.487 e. The van der Waals surface area contributed by atoms with E-state index in [4.69, 9.17) is 4.74 Å². The molecule has 0 bridgehead atoms. The maximum absolute atomic E-state index is 11.2. The van der Waals surface area contributed by atoms with Gasteiger partial charge in [-0.05, 0) is 67.9 Å². The average molecular weight is 377 g/mol. The van der Waals surface area contributed by atoms with Gasteiger partial charge in [0.2, 0.25) is 0 Å². The van der Waals surface area contributed by atoms with Gasteiger partial charge in [-0.2, -0.15) is 0 Å². The van der Waals surface area contributed by atoms with Crippen LogP contribution in [0.3, 0.4) is 0 Å². The van der Waals surface area contributed by atoms with Crippen LogP contribution in [0, 0.1) is 6.92 Å². The zero-order chi connectivity index (χ0) is 19.5. The molecule has 0 unspecified atom stereocenters. The molecule has 2 aromatic heterocycles. The number of ether oxygens (including phenoxy) is 1. The van der Waals surface area contributed by atoms with Crippen LogP contribution in [0.2, 0.25) is 0 Å². The predicted molar refractivity (Wildman–Crippen MR) is 111 cm³/mol. The zero-order valence-electron chi connectivity index (χ0n) is 16.8. The number of benzene rings is 1. The highest BCUT2D eigenvalue weighted by atomic mass is 16.5. The van der Waals surface area contributed by atoms with E-state index < -0.39 is 0 Å². The van der Waals surface area contributed by atoms with Gasteiger partial charge in [0, 0.05) is 12.6 Å². The summed E-state index contributed by atoms with van der Waals surface area (Å²) in [5.41, 5.74) is 5.91. The summed E-state index contributed by atoms with van der Waals surface area (Å²) in [6.07, 6.45) is 10.5. The first kappa shape index (κ1) is 18.7. The van der Waals surface area contributed by atoms with Gasteiger partial charge in [0.25, 0.3) is 0 Å². The Morgan fingerprint density at radius 2 is 2.00 bits per heavy atom. The normalized spacial score (nSPS) is 14.6. The molecule has 28 heavy (non-hydrogen) atoms. The molecule has 4 nitrogen and oxygen atoms in total. The Labute approximate surface area is 166 Å². The fourth-order valence-electron chi connectivity index (χ4n) is 4.22. The lowest BCUT2D eigenvalue weighted by molar-refractivity contribution is -0.116. The summed E-state index contributed by atoms with van der Waals surface area (Å²) in [5, 5.41) is 0. The lowest BCUT2D eigenvalue weighted by Crippen LogP contribution is -2.00. The van der Waals surface area contributed by atoms with Crippen LogP contribution in [0.15, 0.2) is 42.7 Å². The fourth-order valence-corrected chi connectivity index (χ4v) is 4.22. The first-order chi connectivity index (χ1) is 13.6. The van der Waals surface area contributed by atoms with E-state index in [0.29, 0.717) is 19.4 Å². The smallest absolute Gasteiger partial charge is 0.137 e. The molecule has 0 aliphatic heterocycles. The summed E-state index contributed by atoms with van der Waals surface area (Å²) in [7, 11) is 0. The van der Waals surface area contributed by atoms with Gasteiger partial charge in [0.05, 0.1) is 11.9 Å². The summed E-state index contributed by atoms with van der Waals surface area (Å²) in [4.78, 5) is 15.7. The summed E-state index contributed by atoms with van der Waals surface area (Å²) >= 11 is 0. The number of nitrogens with zero attached hydrogens (tertiary/aromatic N) is 2. The number of carbonyl (C=O) groups excluding carboxylic acids is 1. The number of imidazole rings is 1. The van der Waals surface area contributed by atoms with E-state index in [1.54, 1.807) is 6.92 Å². The maximum atomic E-state index is 11.2. The molecule has 3 aromatic rings. The van der Waals surface area contributed by atoms with Gasteiger partial charge >= 0.3 is 0 Å². The molecule has 0 N–H and O–H groups in total. The van der Waals surface area contributed by atoms with Crippen LogP contribution in [0.4, 0.5) is 0 Å². The number of hydrogen-bond donors (Lipinski definition) is 0. The second-order valence-electron chi connectivity index (χ2n) is 8.03. The van der Waals surface area contributed by atoms with Crippen LogP contribution >= 0.6 is 0 Å². The second-order valence-corrected chi connectivity index (χ2v) is 8.03. The van der Waals surface area contributed by atoms with E-state index in [2.05, 4.69) is 30.1 Å². The Morgan fingerprint density at radius 1 is 1.18 bits per heavy atom. The third kappa shape index (κ3) is 4.27. The van der Waals surface area contributed by atoms with Gasteiger partial charge in [-0.25, -0.2) is 4.98 Å². The Morgan fingerprint density at radius 3 is 2.75 bits per heavy atom. The van der Waals surface area contributed by atoms with E-state index in [1.165, 1.54) is 42.4 Å². The molecule has 1 aliphatic rings. The number of pyridine rings is 1. The van der Waals surface area contributed by atoms with Crippen molar-refractivity contribution < 1.29 is 9.53 Å². The van der Waals surface area contributed by atoms with E-state index in [-0.39, 0.29) is 5.78 Å². The minimum absolute atomic E-state index is 0.190. The highest BCUT2D eigenvalue weighted by Crippen LogP contribution is 2.35. The highest BCUT2D eigenvalue weighted by Gasteiger charge is 2.18. The van der Waals surface area contributed by atoms with Crippen molar-refractivity contribution in [3.63, 3.8) is 0 Å². The molecular formula is C24H28N2O2. The van der Waals surface area contributed by atoms with Gasteiger partial charge in [-0.1, -0.05) is 31.0 Å². The minimum Gasteiger partial charge on any atom is -0.487 e. The fraction of sp³-hybridized carbons (Fsp3) is 0.417. The molecule has 4 heteroatoms. The van der Waals surface area contributed by atoms with E-state index in [9.17, 15) is 4.79 Å². The van der Waals surface area contributed by atoms with Crippen molar-refractivity contribution in [2.75, 3.05) is 0 Å². The van der Waals surface area contributed by atoms with Crippen molar-refractivity contribution in [2.24, 2.45) is 0 Å². The van der Waals surface area contributed by atoms with Crippen LogP contribution < -0.4 is 4.74 Å². The summed E-state index contributed by atoms with van der Waals surface area (Å²) in [6.45, 7) is 4.39. The van der Waals surface area contributed by atoms with Crippen LogP contribution in [-0.2, 0) is 17.8 Å². The monoisotopic (exact) mass is 376 g/mol. The highest BCUT2D eigenvalue weighted by molar-refractivity contribution is 5.75.